The number of amides is 2. The molecule has 2 N–H and O–H groups in total. The third-order valence-corrected chi connectivity index (χ3v) is 4.47. The molecule has 2 aromatic rings. The molecule has 130 valence electrons. The van der Waals surface area contributed by atoms with Gasteiger partial charge < -0.3 is 10.6 Å². The van der Waals surface area contributed by atoms with Crippen molar-refractivity contribution in [3.05, 3.63) is 65.2 Å². The molecule has 0 aliphatic carbocycles. The summed E-state index contributed by atoms with van der Waals surface area (Å²) in [7, 11) is 0. The number of nitrogens with two attached hydrogens (primary N) is 1. The Balaban J connectivity index is 1.78. The van der Waals surface area contributed by atoms with Crippen molar-refractivity contribution in [2.75, 3.05) is 11.4 Å². The van der Waals surface area contributed by atoms with Crippen molar-refractivity contribution in [1.29, 1.82) is 0 Å². The quantitative estimate of drug-likeness (QED) is 0.927. The van der Waals surface area contributed by atoms with Crippen LogP contribution in [0.1, 0.15) is 17.5 Å². The summed E-state index contributed by atoms with van der Waals surface area (Å²) in [6.45, 7) is 0.205. The topological polar surface area (TPSA) is 63.4 Å². The maximum atomic E-state index is 13.7. The fraction of sp³-hybridized carbons (Fsp3) is 0.263. The second-order valence-electron chi connectivity index (χ2n) is 6.17. The van der Waals surface area contributed by atoms with E-state index in [0.29, 0.717) is 6.42 Å². The van der Waals surface area contributed by atoms with Crippen LogP contribution in [0.25, 0.3) is 0 Å². The van der Waals surface area contributed by atoms with Gasteiger partial charge in [0.15, 0.2) is 0 Å². The number of anilines is 1. The van der Waals surface area contributed by atoms with E-state index in [-0.39, 0.29) is 30.9 Å². The maximum absolute atomic E-state index is 13.7. The first-order valence-electron chi connectivity index (χ1n) is 8.07. The fourth-order valence-corrected chi connectivity index (χ4v) is 3.13. The molecule has 1 atom stereocenters. The number of hydrogen-bond acceptors (Lipinski definition) is 2. The van der Waals surface area contributed by atoms with Gasteiger partial charge in [0.05, 0.1) is 5.92 Å². The van der Waals surface area contributed by atoms with E-state index < -0.39 is 23.5 Å². The van der Waals surface area contributed by atoms with Gasteiger partial charge in [0.25, 0.3) is 0 Å². The van der Waals surface area contributed by atoms with Crippen LogP contribution in [0, 0.1) is 17.6 Å². The molecular formula is C19H18F2N2O2. The number of rotatable bonds is 4. The first-order valence-corrected chi connectivity index (χ1v) is 8.07. The SMILES string of the molecule is NC(=O)[C@@H]1Cc2ccccc2N(C(=O)CCc2cc(F)ccc2F)C1. The molecule has 0 bridgehead atoms. The van der Waals surface area contributed by atoms with E-state index in [1.807, 2.05) is 24.3 Å². The second-order valence-corrected chi connectivity index (χ2v) is 6.17. The van der Waals surface area contributed by atoms with Gasteiger partial charge in [-0.1, -0.05) is 18.2 Å². The fourth-order valence-electron chi connectivity index (χ4n) is 3.13. The molecule has 1 heterocycles. The van der Waals surface area contributed by atoms with E-state index in [2.05, 4.69) is 0 Å². The Labute approximate surface area is 144 Å². The molecule has 0 fully saturated rings. The zero-order chi connectivity index (χ0) is 18.0. The maximum Gasteiger partial charge on any atom is 0.227 e. The van der Waals surface area contributed by atoms with Crippen LogP contribution in [-0.2, 0) is 22.4 Å². The number of benzene rings is 2. The summed E-state index contributed by atoms with van der Waals surface area (Å²) >= 11 is 0. The minimum absolute atomic E-state index is 0.0141. The lowest BCUT2D eigenvalue weighted by atomic mass is 9.91. The molecule has 1 aliphatic heterocycles. The van der Waals surface area contributed by atoms with Gasteiger partial charge in [-0.05, 0) is 48.2 Å². The Morgan fingerprint density at radius 1 is 1.16 bits per heavy atom. The van der Waals surface area contributed by atoms with Gasteiger partial charge in [0.1, 0.15) is 11.6 Å². The Hall–Kier alpha value is -2.76. The summed E-state index contributed by atoms with van der Waals surface area (Å²) in [5.74, 6) is -2.24. The number of aryl methyl sites for hydroxylation is 1. The number of fused-ring (bicyclic) bond motifs is 1. The summed E-state index contributed by atoms with van der Waals surface area (Å²) in [5, 5.41) is 0. The molecular weight excluding hydrogens is 326 g/mol. The zero-order valence-corrected chi connectivity index (χ0v) is 13.5. The highest BCUT2D eigenvalue weighted by molar-refractivity contribution is 5.96. The minimum Gasteiger partial charge on any atom is -0.369 e. The third kappa shape index (κ3) is 3.68. The molecule has 0 aromatic heterocycles. The first-order chi connectivity index (χ1) is 12.0. The van der Waals surface area contributed by atoms with Crippen LogP contribution in [0.3, 0.4) is 0 Å². The molecule has 0 saturated heterocycles. The molecule has 3 rings (SSSR count). The predicted molar refractivity (Wildman–Crippen MR) is 89.9 cm³/mol. The lowest BCUT2D eigenvalue weighted by Gasteiger charge is -2.33. The number of para-hydroxylation sites is 1. The highest BCUT2D eigenvalue weighted by Gasteiger charge is 2.30. The highest BCUT2D eigenvalue weighted by atomic mass is 19.1. The summed E-state index contributed by atoms with van der Waals surface area (Å²) in [5.41, 5.74) is 7.20. The molecule has 25 heavy (non-hydrogen) atoms. The average molecular weight is 344 g/mol. The van der Waals surface area contributed by atoms with Gasteiger partial charge in [-0.25, -0.2) is 8.78 Å². The van der Waals surface area contributed by atoms with Gasteiger partial charge >= 0.3 is 0 Å². The van der Waals surface area contributed by atoms with Crippen molar-refractivity contribution < 1.29 is 18.4 Å². The van der Waals surface area contributed by atoms with Crippen molar-refractivity contribution in [2.24, 2.45) is 11.7 Å². The molecule has 6 heteroatoms. The molecule has 1 aliphatic rings. The molecule has 4 nitrogen and oxygen atoms in total. The van der Waals surface area contributed by atoms with Gasteiger partial charge in [-0.3, -0.25) is 9.59 Å². The summed E-state index contributed by atoms with van der Waals surface area (Å²) < 4.78 is 27.0. The van der Waals surface area contributed by atoms with Gasteiger partial charge in [0.2, 0.25) is 11.8 Å². The Morgan fingerprint density at radius 3 is 2.68 bits per heavy atom. The Bertz CT molecular complexity index is 823. The third-order valence-electron chi connectivity index (χ3n) is 4.47. The van der Waals surface area contributed by atoms with Crippen molar-refractivity contribution in [3.8, 4) is 0 Å². The van der Waals surface area contributed by atoms with E-state index in [4.69, 9.17) is 5.73 Å². The van der Waals surface area contributed by atoms with Crippen molar-refractivity contribution in [3.63, 3.8) is 0 Å². The van der Waals surface area contributed by atoms with Crippen molar-refractivity contribution >= 4 is 17.5 Å². The molecule has 0 spiro atoms. The van der Waals surface area contributed by atoms with Gasteiger partial charge in [0, 0.05) is 18.7 Å². The molecule has 2 amide bonds. The van der Waals surface area contributed by atoms with Crippen LogP contribution >= 0.6 is 0 Å². The normalized spacial score (nSPS) is 16.4. The second kappa shape index (κ2) is 7.01. The average Bonchev–Trinajstić information content (AvgIpc) is 2.61. The van der Waals surface area contributed by atoms with E-state index in [1.165, 1.54) is 4.90 Å². The van der Waals surface area contributed by atoms with Gasteiger partial charge in [-0.2, -0.15) is 0 Å². The van der Waals surface area contributed by atoms with Crippen molar-refractivity contribution in [2.45, 2.75) is 19.3 Å². The smallest absolute Gasteiger partial charge is 0.227 e. The number of hydrogen-bond donors (Lipinski definition) is 1. The van der Waals surface area contributed by atoms with E-state index >= 15 is 0 Å². The summed E-state index contributed by atoms with van der Waals surface area (Å²) in [6.07, 6.45) is 0.594. The summed E-state index contributed by atoms with van der Waals surface area (Å²) in [4.78, 5) is 25.8. The first kappa shape index (κ1) is 17.1. The monoisotopic (exact) mass is 344 g/mol. The molecule has 0 saturated carbocycles. The highest BCUT2D eigenvalue weighted by Crippen LogP contribution is 2.30. The molecule has 0 unspecified atom stereocenters. The van der Waals surface area contributed by atoms with Crippen LogP contribution in [0.4, 0.5) is 14.5 Å². The number of primary amides is 1. The minimum atomic E-state index is -0.541. The molecule has 2 aromatic carbocycles. The Kier molecular flexibility index (Phi) is 4.79. The number of halogens is 2. The zero-order valence-electron chi connectivity index (χ0n) is 13.5. The number of carbonyl (C=O) groups is 2. The predicted octanol–water partition coefficient (Wildman–Crippen LogP) is 2.59. The van der Waals surface area contributed by atoms with Crippen molar-refractivity contribution in [1.82, 2.24) is 0 Å². The van der Waals surface area contributed by atoms with E-state index in [1.54, 1.807) is 0 Å². The number of carbonyl (C=O) groups excluding carboxylic acids is 2. The van der Waals surface area contributed by atoms with E-state index in [9.17, 15) is 18.4 Å². The van der Waals surface area contributed by atoms with Crippen LogP contribution in [0.5, 0.6) is 0 Å². The largest absolute Gasteiger partial charge is 0.369 e. The van der Waals surface area contributed by atoms with E-state index in [0.717, 1.165) is 29.4 Å². The van der Waals surface area contributed by atoms with Gasteiger partial charge in [-0.15, -0.1) is 0 Å². The Morgan fingerprint density at radius 2 is 1.92 bits per heavy atom. The summed E-state index contributed by atoms with van der Waals surface area (Å²) in [6, 6.07) is 10.5. The van der Waals surface area contributed by atoms with Crippen LogP contribution < -0.4 is 10.6 Å². The standard InChI is InChI=1S/C19H18F2N2O2/c20-15-6-7-16(21)12(10-15)5-8-18(24)23-11-14(19(22)25)9-13-3-1-2-4-17(13)23/h1-4,6-7,10,14H,5,8-9,11H2,(H2,22,25)/t14-/m1/s1. The lowest BCUT2D eigenvalue weighted by Crippen LogP contribution is -2.44. The lowest BCUT2D eigenvalue weighted by molar-refractivity contribution is -0.122. The van der Waals surface area contributed by atoms with Crippen LogP contribution in [-0.4, -0.2) is 18.4 Å². The van der Waals surface area contributed by atoms with Crippen LogP contribution in [0.2, 0.25) is 0 Å². The van der Waals surface area contributed by atoms with Crippen LogP contribution in [0.15, 0.2) is 42.5 Å². The molecule has 0 radical (unpaired) electrons. The number of nitrogens with zero attached hydrogens (tertiary/aromatic N) is 1.